The zero-order valence-electron chi connectivity index (χ0n) is 11.4. The summed E-state index contributed by atoms with van der Waals surface area (Å²) in [6.45, 7) is 0.538. The molecule has 2 aromatic heterocycles. The number of nitrogens with two attached hydrogens (primary N) is 1. The molecule has 102 valence electrons. The maximum Gasteiger partial charge on any atom is 0.118 e. The van der Waals surface area contributed by atoms with Gasteiger partial charge in [0.1, 0.15) is 11.6 Å². The molecular formula is C16H17N3O. The van der Waals surface area contributed by atoms with E-state index in [2.05, 4.69) is 27.7 Å². The van der Waals surface area contributed by atoms with Gasteiger partial charge in [-0.2, -0.15) is 0 Å². The van der Waals surface area contributed by atoms with E-state index in [0.29, 0.717) is 6.54 Å². The van der Waals surface area contributed by atoms with Crippen LogP contribution in [0.5, 0.6) is 5.75 Å². The van der Waals surface area contributed by atoms with E-state index in [-0.39, 0.29) is 0 Å². The van der Waals surface area contributed by atoms with Gasteiger partial charge < -0.3 is 14.9 Å². The third-order valence-corrected chi connectivity index (χ3v) is 3.42. The molecule has 4 heteroatoms. The molecule has 0 fully saturated rings. The van der Waals surface area contributed by atoms with Crippen molar-refractivity contribution in [2.45, 2.75) is 13.0 Å². The predicted molar refractivity (Wildman–Crippen MR) is 78.9 cm³/mol. The third-order valence-electron chi connectivity index (χ3n) is 3.42. The number of imidazole rings is 1. The molecule has 0 spiro atoms. The van der Waals surface area contributed by atoms with Gasteiger partial charge in [0.25, 0.3) is 0 Å². The van der Waals surface area contributed by atoms with Gasteiger partial charge in [-0.1, -0.05) is 18.2 Å². The summed E-state index contributed by atoms with van der Waals surface area (Å²) in [6.07, 6.45) is 4.73. The van der Waals surface area contributed by atoms with Gasteiger partial charge in [0, 0.05) is 19.2 Å². The monoisotopic (exact) mass is 267 g/mol. The lowest BCUT2D eigenvalue weighted by Crippen LogP contribution is -2.01. The highest BCUT2D eigenvalue weighted by atomic mass is 16.5. The molecule has 0 unspecified atom stereocenters. The summed E-state index contributed by atoms with van der Waals surface area (Å²) >= 11 is 0. The van der Waals surface area contributed by atoms with Gasteiger partial charge in [0.05, 0.1) is 18.8 Å². The number of ether oxygens (including phenoxy) is 1. The Hall–Kier alpha value is -2.33. The molecule has 2 heterocycles. The van der Waals surface area contributed by atoms with E-state index in [1.54, 1.807) is 7.11 Å². The molecule has 0 aliphatic carbocycles. The van der Waals surface area contributed by atoms with Crippen molar-refractivity contribution in [3.8, 4) is 5.75 Å². The summed E-state index contributed by atoms with van der Waals surface area (Å²) in [4.78, 5) is 4.50. The molecule has 4 nitrogen and oxygen atoms in total. The zero-order chi connectivity index (χ0) is 13.9. The smallest absolute Gasteiger partial charge is 0.118 e. The van der Waals surface area contributed by atoms with Gasteiger partial charge in [0.2, 0.25) is 0 Å². The molecule has 3 rings (SSSR count). The van der Waals surface area contributed by atoms with E-state index in [1.807, 2.05) is 30.5 Å². The topological polar surface area (TPSA) is 52.5 Å². The van der Waals surface area contributed by atoms with Crippen LogP contribution in [0.2, 0.25) is 0 Å². The molecule has 0 radical (unpaired) electrons. The number of hydrogen-bond donors (Lipinski definition) is 1. The van der Waals surface area contributed by atoms with E-state index in [0.717, 1.165) is 29.1 Å². The van der Waals surface area contributed by atoms with Gasteiger partial charge in [-0.3, -0.25) is 0 Å². The van der Waals surface area contributed by atoms with E-state index < -0.39 is 0 Å². The molecule has 0 saturated carbocycles. The number of fused-ring (bicyclic) bond motifs is 1. The number of benzene rings is 1. The Morgan fingerprint density at radius 2 is 1.85 bits per heavy atom. The van der Waals surface area contributed by atoms with Crippen LogP contribution in [0.1, 0.15) is 17.0 Å². The first-order valence-electron chi connectivity index (χ1n) is 6.58. The lowest BCUT2D eigenvalue weighted by molar-refractivity contribution is 0.414. The minimum atomic E-state index is 0.538. The molecule has 0 saturated heterocycles. The number of hydrogen-bond acceptors (Lipinski definition) is 3. The van der Waals surface area contributed by atoms with Crippen LogP contribution in [-0.4, -0.2) is 16.5 Å². The summed E-state index contributed by atoms with van der Waals surface area (Å²) in [7, 11) is 1.67. The van der Waals surface area contributed by atoms with Gasteiger partial charge in [-0.25, -0.2) is 4.98 Å². The number of methoxy groups -OCH3 is 1. The maximum atomic E-state index is 5.70. The first kappa shape index (κ1) is 12.7. The number of pyridine rings is 1. The summed E-state index contributed by atoms with van der Waals surface area (Å²) in [5, 5.41) is 0. The molecule has 0 aliphatic rings. The van der Waals surface area contributed by atoms with E-state index >= 15 is 0 Å². The first-order chi connectivity index (χ1) is 9.80. The van der Waals surface area contributed by atoms with Crippen LogP contribution in [0, 0.1) is 0 Å². The SMILES string of the molecule is COc1ccc(Cc2ncc3ccc(CN)cn23)cc1. The molecule has 0 bridgehead atoms. The fourth-order valence-corrected chi connectivity index (χ4v) is 2.27. The molecule has 2 N–H and O–H groups in total. The van der Waals surface area contributed by atoms with Crippen LogP contribution < -0.4 is 10.5 Å². The van der Waals surface area contributed by atoms with Gasteiger partial charge >= 0.3 is 0 Å². The fraction of sp³-hybridized carbons (Fsp3) is 0.188. The Bertz CT molecular complexity index is 716. The second-order valence-corrected chi connectivity index (χ2v) is 4.74. The maximum absolute atomic E-state index is 5.70. The predicted octanol–water partition coefficient (Wildman–Crippen LogP) is 2.39. The van der Waals surface area contributed by atoms with Crippen molar-refractivity contribution in [2.75, 3.05) is 7.11 Å². The Balaban J connectivity index is 1.93. The molecular weight excluding hydrogens is 250 g/mol. The van der Waals surface area contributed by atoms with Crippen molar-refractivity contribution in [3.05, 3.63) is 65.7 Å². The van der Waals surface area contributed by atoms with Crippen LogP contribution in [0.3, 0.4) is 0 Å². The molecule has 20 heavy (non-hydrogen) atoms. The Labute approximate surface area is 117 Å². The molecule has 3 aromatic rings. The van der Waals surface area contributed by atoms with Crippen molar-refractivity contribution in [2.24, 2.45) is 5.73 Å². The zero-order valence-corrected chi connectivity index (χ0v) is 11.4. The van der Waals surface area contributed by atoms with E-state index in [1.165, 1.54) is 5.56 Å². The normalized spacial score (nSPS) is 10.9. The first-order valence-corrected chi connectivity index (χ1v) is 6.58. The molecule has 0 aliphatic heterocycles. The minimum absolute atomic E-state index is 0.538. The third kappa shape index (κ3) is 2.38. The quantitative estimate of drug-likeness (QED) is 0.789. The van der Waals surface area contributed by atoms with Gasteiger partial charge in [0.15, 0.2) is 0 Å². The Morgan fingerprint density at radius 3 is 2.55 bits per heavy atom. The lowest BCUT2D eigenvalue weighted by atomic mass is 10.1. The average Bonchev–Trinajstić information content (AvgIpc) is 2.90. The van der Waals surface area contributed by atoms with Crippen LogP contribution >= 0.6 is 0 Å². The largest absolute Gasteiger partial charge is 0.497 e. The van der Waals surface area contributed by atoms with E-state index in [4.69, 9.17) is 10.5 Å². The van der Waals surface area contributed by atoms with E-state index in [9.17, 15) is 0 Å². The van der Waals surface area contributed by atoms with Crippen molar-refractivity contribution in [1.29, 1.82) is 0 Å². The highest BCUT2D eigenvalue weighted by Crippen LogP contribution is 2.16. The van der Waals surface area contributed by atoms with Crippen molar-refractivity contribution in [3.63, 3.8) is 0 Å². The molecule has 0 amide bonds. The minimum Gasteiger partial charge on any atom is -0.497 e. The summed E-state index contributed by atoms with van der Waals surface area (Å²) in [5.41, 5.74) is 9.09. The van der Waals surface area contributed by atoms with Crippen molar-refractivity contribution < 1.29 is 4.74 Å². The van der Waals surface area contributed by atoms with Crippen molar-refractivity contribution >= 4 is 5.52 Å². The summed E-state index contributed by atoms with van der Waals surface area (Å²) < 4.78 is 7.27. The summed E-state index contributed by atoms with van der Waals surface area (Å²) in [6, 6.07) is 12.1. The second-order valence-electron chi connectivity index (χ2n) is 4.74. The second kappa shape index (κ2) is 5.35. The number of rotatable bonds is 4. The lowest BCUT2D eigenvalue weighted by Gasteiger charge is -2.05. The fourth-order valence-electron chi connectivity index (χ4n) is 2.27. The number of nitrogens with zero attached hydrogens (tertiary/aromatic N) is 2. The van der Waals surface area contributed by atoms with Crippen LogP contribution in [0.15, 0.2) is 48.8 Å². The Kier molecular flexibility index (Phi) is 3.39. The van der Waals surface area contributed by atoms with Crippen LogP contribution in [0.25, 0.3) is 5.52 Å². The van der Waals surface area contributed by atoms with Crippen LogP contribution in [0.4, 0.5) is 0 Å². The van der Waals surface area contributed by atoms with Gasteiger partial charge in [-0.15, -0.1) is 0 Å². The standard InChI is InChI=1S/C16H17N3O/c1-20-15-6-3-12(4-7-15)8-16-18-10-14-5-2-13(9-17)11-19(14)16/h2-7,10-11H,8-9,17H2,1H3. The summed E-state index contributed by atoms with van der Waals surface area (Å²) in [5.74, 6) is 1.88. The molecule has 1 aromatic carbocycles. The average molecular weight is 267 g/mol. The van der Waals surface area contributed by atoms with Crippen molar-refractivity contribution in [1.82, 2.24) is 9.38 Å². The number of aromatic nitrogens is 2. The molecule has 0 atom stereocenters. The van der Waals surface area contributed by atoms with Crippen LogP contribution in [-0.2, 0) is 13.0 Å². The highest BCUT2D eigenvalue weighted by molar-refractivity contribution is 5.47. The van der Waals surface area contributed by atoms with Gasteiger partial charge in [-0.05, 0) is 29.3 Å². The highest BCUT2D eigenvalue weighted by Gasteiger charge is 2.05. The Morgan fingerprint density at radius 1 is 1.10 bits per heavy atom.